The van der Waals surface area contributed by atoms with E-state index in [9.17, 15) is 5.11 Å². The van der Waals surface area contributed by atoms with Crippen LogP contribution in [0.4, 0.5) is 5.82 Å². The van der Waals surface area contributed by atoms with Gasteiger partial charge in [0.1, 0.15) is 24.4 Å². The minimum Gasteiger partial charge on any atom is -0.386 e. The van der Waals surface area contributed by atoms with Gasteiger partial charge in [-0.05, 0) is 44.9 Å². The van der Waals surface area contributed by atoms with E-state index in [4.69, 9.17) is 19.4 Å². The van der Waals surface area contributed by atoms with Crippen LogP contribution in [0.25, 0.3) is 11.2 Å². The van der Waals surface area contributed by atoms with E-state index >= 15 is 0 Å². The number of allylic oxidation sites excluding steroid dienone is 4. The lowest BCUT2D eigenvalue weighted by molar-refractivity contribution is -0.153. The van der Waals surface area contributed by atoms with Crippen LogP contribution < -0.4 is 5.32 Å². The monoisotopic (exact) mass is 496 g/mol. The Labute approximate surface area is 209 Å². The fraction of sp³-hybridized carbons (Fsp3) is 0.600. The maximum absolute atomic E-state index is 10.5. The van der Waals surface area contributed by atoms with Gasteiger partial charge in [-0.2, -0.15) is 0 Å². The molecule has 0 spiro atoms. The number of aromatic nitrogens is 5. The van der Waals surface area contributed by atoms with Gasteiger partial charge in [-0.3, -0.25) is 0 Å². The molecule has 0 amide bonds. The Hall–Kier alpha value is -2.27. The first-order chi connectivity index (χ1) is 16.9. The number of nitrogens with one attached hydrogen (secondary N) is 1. The summed E-state index contributed by atoms with van der Waals surface area (Å²) in [5.74, 6) is 2.05. The van der Waals surface area contributed by atoms with Gasteiger partial charge in [0.15, 0.2) is 27.9 Å². The van der Waals surface area contributed by atoms with E-state index in [1.54, 1.807) is 22.5 Å². The molecular formula is C25H32N6O3S. The summed E-state index contributed by atoms with van der Waals surface area (Å²) in [6.45, 7) is 5.87. The second-order valence-electron chi connectivity index (χ2n) is 10.2. The molecule has 2 fully saturated rings. The molecule has 35 heavy (non-hydrogen) atoms. The smallest absolute Gasteiger partial charge is 0.191 e. The first-order valence-electron chi connectivity index (χ1n) is 12.5. The molecule has 0 radical (unpaired) electrons. The molecule has 3 heterocycles. The van der Waals surface area contributed by atoms with Crippen molar-refractivity contribution < 1.29 is 14.6 Å². The topological polar surface area (TPSA) is 107 Å². The van der Waals surface area contributed by atoms with Crippen molar-refractivity contribution >= 4 is 28.7 Å². The minimum absolute atomic E-state index is 0.296. The van der Waals surface area contributed by atoms with Crippen LogP contribution in [0.15, 0.2) is 41.6 Å². The Bertz CT molecular complexity index is 1190. The molecule has 0 bridgehead atoms. The summed E-state index contributed by atoms with van der Waals surface area (Å²) < 4.78 is 14.0. The van der Waals surface area contributed by atoms with Crippen LogP contribution in [-0.2, 0) is 9.47 Å². The third-order valence-electron chi connectivity index (χ3n) is 7.09. The van der Waals surface area contributed by atoms with Gasteiger partial charge in [-0.25, -0.2) is 14.6 Å². The Kier molecular flexibility index (Phi) is 5.95. The van der Waals surface area contributed by atoms with Crippen LogP contribution >= 0.6 is 11.8 Å². The number of fused-ring (bicyclic) bond motifs is 2. The van der Waals surface area contributed by atoms with Crippen molar-refractivity contribution in [2.45, 2.75) is 81.4 Å². The number of rotatable bonds is 7. The van der Waals surface area contributed by atoms with Crippen LogP contribution in [0.1, 0.15) is 46.1 Å². The Morgan fingerprint density at radius 2 is 2.03 bits per heavy atom. The van der Waals surface area contributed by atoms with Crippen molar-refractivity contribution in [2.75, 3.05) is 11.1 Å². The van der Waals surface area contributed by atoms with Crippen LogP contribution in [0, 0.1) is 11.8 Å². The highest BCUT2D eigenvalue weighted by Crippen LogP contribution is 2.44. The minimum atomic E-state index is -0.787. The number of hydrogen-bond acceptors (Lipinski definition) is 9. The van der Waals surface area contributed by atoms with Gasteiger partial charge in [0, 0.05) is 11.8 Å². The third-order valence-corrected chi connectivity index (χ3v) is 8.14. The quantitative estimate of drug-likeness (QED) is 0.337. The van der Waals surface area contributed by atoms with E-state index in [0.29, 0.717) is 34.2 Å². The summed E-state index contributed by atoms with van der Waals surface area (Å²) in [4.78, 5) is 9.69. The standard InChI is InChI=1S/C25H32N6O3S/c1-4-12-35-24-27-22(26-16-13-15(16)14-8-6-5-7-9-14)19-23(28-24)31(30-29-19)17-10-11-18(32)21-20(17)33-25(2,3)34-21/h5-8,10-11,14-18,20-21,32H,4,9,12-13H2,1-3H3,(H,26,27,28)/t14?,15-,16+,17+,18-,20-,21+/m0/s1. The zero-order valence-electron chi connectivity index (χ0n) is 20.2. The first kappa shape index (κ1) is 23.1. The number of hydrogen-bond donors (Lipinski definition) is 2. The van der Waals surface area contributed by atoms with E-state index in [1.807, 2.05) is 19.9 Å². The summed E-state index contributed by atoms with van der Waals surface area (Å²) in [7, 11) is 0. The number of aliphatic hydroxyl groups excluding tert-OH is 1. The van der Waals surface area contributed by atoms with Crippen molar-refractivity contribution in [1.82, 2.24) is 25.0 Å². The zero-order chi connectivity index (χ0) is 24.2. The highest BCUT2D eigenvalue weighted by Gasteiger charge is 2.50. The van der Waals surface area contributed by atoms with Crippen LogP contribution in [-0.4, -0.2) is 66.0 Å². The summed E-state index contributed by atoms with van der Waals surface area (Å²) in [5, 5.41) is 23.8. The molecule has 9 nitrogen and oxygen atoms in total. The molecular weight excluding hydrogens is 464 g/mol. The van der Waals surface area contributed by atoms with E-state index in [2.05, 4.69) is 46.9 Å². The van der Waals surface area contributed by atoms with Crippen molar-refractivity contribution in [1.29, 1.82) is 0 Å². The molecule has 3 aliphatic carbocycles. The van der Waals surface area contributed by atoms with Gasteiger partial charge in [-0.1, -0.05) is 60.4 Å². The molecule has 2 aromatic heterocycles. The lowest BCUT2D eigenvalue weighted by atomic mass is 9.94. The van der Waals surface area contributed by atoms with Crippen molar-refractivity contribution in [3.63, 3.8) is 0 Å². The second kappa shape index (κ2) is 8.99. The summed E-state index contributed by atoms with van der Waals surface area (Å²) in [6.07, 6.45) is 14.1. The molecule has 1 saturated heterocycles. The SMILES string of the molecule is CCCSc1nc(N[C@@H]2C[C@H]2C2C=CC=CC2)c2nnn([C@@H]3C=C[C@H](O)[C@H]4OC(C)(C)O[C@H]43)c2n1. The summed E-state index contributed by atoms with van der Waals surface area (Å²) in [6, 6.07) is 0.0691. The lowest BCUT2D eigenvalue weighted by Gasteiger charge is -2.29. The molecule has 4 aliphatic rings. The number of nitrogens with zero attached hydrogens (tertiary/aromatic N) is 5. The van der Waals surface area contributed by atoms with E-state index in [0.717, 1.165) is 30.8 Å². The van der Waals surface area contributed by atoms with Crippen molar-refractivity contribution in [3.05, 3.63) is 36.5 Å². The van der Waals surface area contributed by atoms with Gasteiger partial charge in [0.2, 0.25) is 0 Å². The van der Waals surface area contributed by atoms with E-state index < -0.39 is 24.1 Å². The third kappa shape index (κ3) is 4.41. The maximum atomic E-state index is 10.5. The largest absolute Gasteiger partial charge is 0.386 e. The fourth-order valence-electron chi connectivity index (χ4n) is 5.33. The zero-order valence-corrected chi connectivity index (χ0v) is 21.1. The molecule has 1 unspecified atom stereocenters. The summed E-state index contributed by atoms with van der Waals surface area (Å²) in [5.41, 5.74) is 1.32. The molecule has 1 saturated carbocycles. The molecule has 186 valence electrons. The van der Waals surface area contributed by atoms with Crippen molar-refractivity contribution in [2.24, 2.45) is 11.8 Å². The van der Waals surface area contributed by atoms with E-state index in [1.165, 1.54) is 0 Å². The highest BCUT2D eigenvalue weighted by atomic mass is 32.2. The highest BCUT2D eigenvalue weighted by molar-refractivity contribution is 7.99. The fourth-order valence-corrected chi connectivity index (χ4v) is 6.02. The predicted molar refractivity (Wildman–Crippen MR) is 134 cm³/mol. The normalized spacial score (nSPS) is 34.9. The lowest BCUT2D eigenvalue weighted by Crippen LogP contribution is -2.42. The summed E-state index contributed by atoms with van der Waals surface area (Å²) >= 11 is 1.64. The second-order valence-corrected chi connectivity index (χ2v) is 11.3. The Balaban J connectivity index is 1.33. The van der Waals surface area contributed by atoms with Crippen molar-refractivity contribution in [3.8, 4) is 0 Å². The predicted octanol–water partition coefficient (Wildman–Crippen LogP) is 3.65. The molecule has 2 aromatic rings. The molecule has 2 N–H and O–H groups in total. The van der Waals surface area contributed by atoms with Gasteiger partial charge in [0.05, 0.1) is 0 Å². The van der Waals surface area contributed by atoms with Gasteiger partial charge >= 0.3 is 0 Å². The molecule has 6 rings (SSSR count). The molecule has 10 heteroatoms. The average molecular weight is 497 g/mol. The average Bonchev–Trinajstić information content (AvgIpc) is 3.34. The Morgan fingerprint density at radius 1 is 1.17 bits per heavy atom. The van der Waals surface area contributed by atoms with Gasteiger partial charge in [-0.15, -0.1) is 5.10 Å². The van der Waals surface area contributed by atoms with Gasteiger partial charge in [0.25, 0.3) is 0 Å². The van der Waals surface area contributed by atoms with Crippen LogP contribution in [0.3, 0.4) is 0 Å². The number of anilines is 1. The number of thioether (sulfide) groups is 1. The van der Waals surface area contributed by atoms with Crippen LogP contribution in [0.2, 0.25) is 0 Å². The Morgan fingerprint density at radius 3 is 2.83 bits per heavy atom. The number of aliphatic hydroxyl groups is 1. The molecule has 1 aliphatic heterocycles. The molecule has 7 atom stereocenters. The first-order valence-corrected chi connectivity index (χ1v) is 13.5. The van der Waals surface area contributed by atoms with E-state index in [-0.39, 0.29) is 6.04 Å². The van der Waals surface area contributed by atoms with Gasteiger partial charge < -0.3 is 19.9 Å². The maximum Gasteiger partial charge on any atom is 0.191 e. The molecule has 0 aromatic carbocycles. The number of ether oxygens (including phenoxy) is 2. The van der Waals surface area contributed by atoms with Crippen LogP contribution in [0.5, 0.6) is 0 Å².